The zero-order valence-corrected chi connectivity index (χ0v) is 13.7. The Morgan fingerprint density at radius 3 is 2.78 bits per heavy atom. The van der Waals surface area contributed by atoms with Gasteiger partial charge in [-0.1, -0.05) is 17.7 Å². The molecule has 0 bridgehead atoms. The molecule has 1 atom stereocenters. The van der Waals surface area contributed by atoms with Crippen molar-refractivity contribution in [2.75, 3.05) is 5.32 Å². The lowest BCUT2D eigenvalue weighted by molar-refractivity contribution is -0.153. The number of amides is 1. The molecule has 2 aromatic rings. The Hall–Kier alpha value is -2.27. The number of carbonyl (C=O) groups is 2. The number of esters is 1. The van der Waals surface area contributed by atoms with Crippen molar-refractivity contribution in [2.45, 2.75) is 32.8 Å². The number of aryl methyl sites for hydroxylation is 1. The van der Waals surface area contributed by atoms with Crippen molar-refractivity contribution in [2.24, 2.45) is 0 Å². The van der Waals surface area contributed by atoms with E-state index in [9.17, 15) is 9.59 Å². The van der Waals surface area contributed by atoms with E-state index in [1.165, 1.54) is 6.92 Å². The van der Waals surface area contributed by atoms with E-state index >= 15 is 0 Å². The first kappa shape index (κ1) is 17.1. The van der Waals surface area contributed by atoms with Crippen LogP contribution in [0.2, 0.25) is 5.02 Å². The van der Waals surface area contributed by atoms with Crippen LogP contribution in [0.5, 0.6) is 0 Å². The van der Waals surface area contributed by atoms with Gasteiger partial charge in [-0.2, -0.15) is 0 Å². The fraction of sp³-hybridized carbons (Fsp3) is 0.294. The van der Waals surface area contributed by atoms with E-state index in [-0.39, 0.29) is 6.42 Å². The maximum atomic E-state index is 12.1. The number of furan rings is 1. The summed E-state index contributed by atoms with van der Waals surface area (Å²) in [5, 5.41) is 3.27. The van der Waals surface area contributed by atoms with Crippen LogP contribution in [0.25, 0.3) is 0 Å². The van der Waals surface area contributed by atoms with Gasteiger partial charge in [-0.15, -0.1) is 0 Å². The minimum absolute atomic E-state index is 0.154. The topological polar surface area (TPSA) is 68.5 Å². The molecule has 1 heterocycles. The number of anilines is 1. The van der Waals surface area contributed by atoms with Gasteiger partial charge in [0.2, 0.25) is 0 Å². The molecule has 1 aromatic heterocycles. The zero-order valence-electron chi connectivity index (χ0n) is 13.0. The zero-order chi connectivity index (χ0) is 16.8. The van der Waals surface area contributed by atoms with Gasteiger partial charge < -0.3 is 14.5 Å². The Kier molecular flexibility index (Phi) is 5.82. The molecule has 0 aliphatic heterocycles. The van der Waals surface area contributed by atoms with E-state index in [2.05, 4.69) is 5.32 Å². The summed E-state index contributed by atoms with van der Waals surface area (Å²) < 4.78 is 10.3. The van der Waals surface area contributed by atoms with Crippen molar-refractivity contribution in [1.82, 2.24) is 0 Å². The highest BCUT2D eigenvalue weighted by atomic mass is 35.5. The molecule has 0 aliphatic carbocycles. The van der Waals surface area contributed by atoms with Crippen LogP contribution in [0, 0.1) is 6.92 Å². The molecule has 2 rings (SSSR count). The molecule has 0 aliphatic rings. The average Bonchev–Trinajstić information content (AvgIpc) is 3.03. The summed E-state index contributed by atoms with van der Waals surface area (Å²) in [6.45, 7) is 3.33. The molecular weight excluding hydrogens is 318 g/mol. The molecule has 0 saturated carbocycles. The first-order chi connectivity index (χ1) is 11.0. The maximum absolute atomic E-state index is 12.1. The van der Waals surface area contributed by atoms with E-state index in [0.717, 1.165) is 5.56 Å². The molecule has 122 valence electrons. The largest absolute Gasteiger partial charge is 0.469 e. The summed E-state index contributed by atoms with van der Waals surface area (Å²) in [7, 11) is 0. The average molecular weight is 336 g/mol. The Morgan fingerprint density at radius 2 is 2.09 bits per heavy atom. The van der Waals surface area contributed by atoms with Gasteiger partial charge in [0.25, 0.3) is 5.91 Å². The first-order valence-corrected chi connectivity index (χ1v) is 7.63. The van der Waals surface area contributed by atoms with E-state index in [4.69, 9.17) is 20.8 Å². The second-order valence-electron chi connectivity index (χ2n) is 5.11. The number of nitrogens with one attached hydrogen (secondary N) is 1. The molecule has 1 amide bonds. The Balaban J connectivity index is 1.84. The van der Waals surface area contributed by atoms with Gasteiger partial charge in [0.15, 0.2) is 6.10 Å². The molecular formula is C17H18ClNO4. The van der Waals surface area contributed by atoms with Gasteiger partial charge in [0.05, 0.1) is 12.7 Å². The molecule has 5 nitrogen and oxygen atoms in total. The van der Waals surface area contributed by atoms with Gasteiger partial charge in [-0.25, -0.2) is 0 Å². The van der Waals surface area contributed by atoms with Crippen molar-refractivity contribution < 1.29 is 18.7 Å². The van der Waals surface area contributed by atoms with E-state index in [1.54, 1.807) is 43.5 Å². The molecule has 0 spiro atoms. The number of hydrogen-bond acceptors (Lipinski definition) is 4. The van der Waals surface area contributed by atoms with Crippen LogP contribution in [-0.2, 0) is 20.7 Å². The van der Waals surface area contributed by atoms with Gasteiger partial charge in [-0.05, 0) is 43.7 Å². The summed E-state index contributed by atoms with van der Waals surface area (Å²) in [6.07, 6.45) is 1.25. The molecule has 6 heteroatoms. The Morgan fingerprint density at radius 1 is 1.30 bits per heavy atom. The summed E-state index contributed by atoms with van der Waals surface area (Å²) >= 11 is 6.01. The molecule has 1 N–H and O–H groups in total. The fourth-order valence-corrected chi connectivity index (χ4v) is 2.14. The summed E-state index contributed by atoms with van der Waals surface area (Å²) in [5.74, 6) is -0.151. The molecule has 0 saturated heterocycles. The lowest BCUT2D eigenvalue weighted by Crippen LogP contribution is -2.30. The van der Waals surface area contributed by atoms with Gasteiger partial charge in [0.1, 0.15) is 5.76 Å². The molecule has 0 unspecified atom stereocenters. The third-order valence-corrected chi connectivity index (χ3v) is 3.77. The highest BCUT2D eigenvalue weighted by Gasteiger charge is 2.19. The van der Waals surface area contributed by atoms with E-state index in [0.29, 0.717) is 22.9 Å². The van der Waals surface area contributed by atoms with Crippen molar-refractivity contribution in [3.8, 4) is 0 Å². The fourth-order valence-electron chi connectivity index (χ4n) is 1.97. The van der Waals surface area contributed by atoms with Gasteiger partial charge >= 0.3 is 5.97 Å². The number of rotatable bonds is 6. The standard InChI is InChI=1S/C17H18ClNO4/c1-11-14(18)6-3-7-15(11)19-17(21)12(2)23-16(20)9-8-13-5-4-10-22-13/h3-7,10,12H,8-9H2,1-2H3,(H,19,21)/t12-/m0/s1. The van der Waals surface area contributed by atoms with Gasteiger partial charge in [0, 0.05) is 17.1 Å². The number of carbonyl (C=O) groups excluding carboxylic acids is 2. The molecule has 23 heavy (non-hydrogen) atoms. The summed E-state index contributed by atoms with van der Waals surface area (Å²) in [6, 6.07) is 8.76. The van der Waals surface area contributed by atoms with Crippen LogP contribution in [0.15, 0.2) is 41.0 Å². The van der Waals surface area contributed by atoms with Crippen LogP contribution in [-0.4, -0.2) is 18.0 Å². The van der Waals surface area contributed by atoms with E-state index < -0.39 is 18.0 Å². The Bertz CT molecular complexity index is 682. The molecule has 1 aromatic carbocycles. The lowest BCUT2D eigenvalue weighted by atomic mass is 10.2. The number of halogens is 1. The molecule has 0 fully saturated rings. The smallest absolute Gasteiger partial charge is 0.307 e. The second kappa shape index (κ2) is 7.83. The quantitative estimate of drug-likeness (QED) is 0.816. The SMILES string of the molecule is Cc1c(Cl)cccc1NC(=O)[C@H](C)OC(=O)CCc1ccco1. The van der Waals surface area contributed by atoms with E-state index in [1.807, 2.05) is 0 Å². The third-order valence-electron chi connectivity index (χ3n) is 3.36. The minimum atomic E-state index is -0.891. The second-order valence-corrected chi connectivity index (χ2v) is 5.52. The first-order valence-electron chi connectivity index (χ1n) is 7.25. The highest BCUT2D eigenvalue weighted by Crippen LogP contribution is 2.23. The van der Waals surface area contributed by atoms with Crippen LogP contribution in [0.4, 0.5) is 5.69 Å². The number of hydrogen-bond donors (Lipinski definition) is 1. The minimum Gasteiger partial charge on any atom is -0.469 e. The van der Waals surface area contributed by atoms with Crippen LogP contribution < -0.4 is 5.32 Å². The Labute approximate surface area is 139 Å². The summed E-state index contributed by atoms with van der Waals surface area (Å²) in [5.41, 5.74) is 1.36. The van der Waals surface area contributed by atoms with Crippen LogP contribution >= 0.6 is 11.6 Å². The third kappa shape index (κ3) is 4.86. The summed E-state index contributed by atoms with van der Waals surface area (Å²) in [4.78, 5) is 23.9. The van der Waals surface area contributed by atoms with Crippen molar-refractivity contribution in [1.29, 1.82) is 0 Å². The van der Waals surface area contributed by atoms with Gasteiger partial charge in [-0.3, -0.25) is 9.59 Å². The lowest BCUT2D eigenvalue weighted by Gasteiger charge is -2.15. The van der Waals surface area contributed by atoms with Crippen molar-refractivity contribution >= 4 is 29.2 Å². The monoisotopic (exact) mass is 335 g/mol. The predicted octanol–water partition coefficient (Wildman–Crippen LogP) is 3.74. The maximum Gasteiger partial charge on any atom is 0.307 e. The van der Waals surface area contributed by atoms with Crippen LogP contribution in [0.1, 0.15) is 24.7 Å². The highest BCUT2D eigenvalue weighted by molar-refractivity contribution is 6.31. The molecule has 0 radical (unpaired) electrons. The normalized spacial score (nSPS) is 11.8. The van der Waals surface area contributed by atoms with Crippen molar-refractivity contribution in [3.05, 3.63) is 52.9 Å². The number of ether oxygens (including phenoxy) is 1. The van der Waals surface area contributed by atoms with Crippen molar-refractivity contribution in [3.63, 3.8) is 0 Å². The number of benzene rings is 1. The van der Waals surface area contributed by atoms with Crippen LogP contribution in [0.3, 0.4) is 0 Å². The predicted molar refractivity (Wildman–Crippen MR) is 87.4 cm³/mol.